The molecule has 6 nitrogen and oxygen atoms in total. The van der Waals surface area contributed by atoms with Crippen LogP contribution in [-0.4, -0.2) is 48.7 Å². The van der Waals surface area contributed by atoms with Crippen molar-refractivity contribution in [3.8, 4) is 0 Å². The third kappa shape index (κ3) is 7.15. The number of amides is 3. The molecule has 28 heavy (non-hydrogen) atoms. The second-order valence-corrected chi connectivity index (χ2v) is 8.29. The molecule has 1 heterocycles. The fourth-order valence-electron chi connectivity index (χ4n) is 3.25. The van der Waals surface area contributed by atoms with Gasteiger partial charge >= 0.3 is 6.03 Å². The van der Waals surface area contributed by atoms with Gasteiger partial charge in [0.2, 0.25) is 5.91 Å². The molecule has 1 unspecified atom stereocenters. The maximum atomic E-state index is 13.0. The zero-order chi connectivity index (χ0) is 20.5. The lowest BCUT2D eigenvalue weighted by Gasteiger charge is -2.35. The minimum atomic E-state index is -0.524. The standard InChI is InChI=1S/C22H35N3O3/c1-16(2)15-28-19-10-12-25(13-11-19)21(26)20(17(3)4)24-22(27)23-14-18-8-6-5-7-9-18/h5-9,16-17,19-20H,10-15H2,1-4H3,(H2,23,24,27). The van der Waals surface area contributed by atoms with Crippen LogP contribution in [0.15, 0.2) is 30.3 Å². The smallest absolute Gasteiger partial charge is 0.315 e. The molecule has 6 heteroatoms. The Morgan fingerprint density at radius 2 is 1.75 bits per heavy atom. The van der Waals surface area contributed by atoms with Gasteiger partial charge < -0.3 is 20.3 Å². The van der Waals surface area contributed by atoms with Crippen LogP contribution in [0.3, 0.4) is 0 Å². The van der Waals surface area contributed by atoms with Crippen LogP contribution in [0.25, 0.3) is 0 Å². The van der Waals surface area contributed by atoms with Crippen LogP contribution in [-0.2, 0) is 16.1 Å². The van der Waals surface area contributed by atoms with E-state index in [2.05, 4.69) is 24.5 Å². The average Bonchev–Trinajstić information content (AvgIpc) is 2.69. The molecular weight excluding hydrogens is 354 g/mol. The number of piperidine rings is 1. The minimum Gasteiger partial charge on any atom is -0.378 e. The molecule has 0 saturated carbocycles. The van der Waals surface area contributed by atoms with Crippen LogP contribution in [0.2, 0.25) is 0 Å². The van der Waals surface area contributed by atoms with E-state index in [0.29, 0.717) is 25.6 Å². The van der Waals surface area contributed by atoms with E-state index in [0.717, 1.165) is 25.0 Å². The Morgan fingerprint density at radius 1 is 1.11 bits per heavy atom. The molecule has 1 saturated heterocycles. The van der Waals surface area contributed by atoms with E-state index in [4.69, 9.17) is 4.74 Å². The van der Waals surface area contributed by atoms with Crippen LogP contribution < -0.4 is 10.6 Å². The number of nitrogens with zero attached hydrogens (tertiary/aromatic N) is 1. The summed E-state index contributed by atoms with van der Waals surface area (Å²) in [5.74, 6) is 0.528. The van der Waals surface area contributed by atoms with Crippen LogP contribution in [0.1, 0.15) is 46.1 Å². The number of likely N-dealkylation sites (tertiary alicyclic amines) is 1. The molecule has 1 aliphatic rings. The summed E-state index contributed by atoms with van der Waals surface area (Å²) in [5, 5.41) is 5.70. The molecule has 0 radical (unpaired) electrons. The lowest BCUT2D eigenvalue weighted by atomic mass is 10.0. The van der Waals surface area contributed by atoms with Gasteiger partial charge in [-0.15, -0.1) is 0 Å². The highest BCUT2D eigenvalue weighted by Gasteiger charge is 2.31. The van der Waals surface area contributed by atoms with Gasteiger partial charge in [0.05, 0.1) is 6.10 Å². The lowest BCUT2D eigenvalue weighted by Crippen LogP contribution is -2.55. The maximum Gasteiger partial charge on any atom is 0.315 e. The monoisotopic (exact) mass is 389 g/mol. The van der Waals surface area contributed by atoms with Gasteiger partial charge in [-0.3, -0.25) is 4.79 Å². The largest absolute Gasteiger partial charge is 0.378 e. The third-order valence-electron chi connectivity index (χ3n) is 4.93. The molecule has 2 rings (SSSR count). The van der Waals surface area contributed by atoms with E-state index >= 15 is 0 Å². The summed E-state index contributed by atoms with van der Waals surface area (Å²) in [5.41, 5.74) is 1.02. The number of hydrogen-bond acceptors (Lipinski definition) is 3. The van der Waals surface area contributed by atoms with Crippen molar-refractivity contribution in [3.05, 3.63) is 35.9 Å². The molecule has 156 valence electrons. The molecule has 2 N–H and O–H groups in total. The summed E-state index contributed by atoms with van der Waals surface area (Å²) in [6.45, 7) is 10.7. The summed E-state index contributed by atoms with van der Waals surface area (Å²) >= 11 is 0. The van der Waals surface area contributed by atoms with Crippen LogP contribution >= 0.6 is 0 Å². The molecule has 0 spiro atoms. The van der Waals surface area contributed by atoms with Gasteiger partial charge in [0.1, 0.15) is 6.04 Å². The van der Waals surface area contributed by atoms with E-state index in [9.17, 15) is 9.59 Å². The van der Waals surface area contributed by atoms with E-state index < -0.39 is 6.04 Å². The fourth-order valence-corrected chi connectivity index (χ4v) is 3.25. The first-order chi connectivity index (χ1) is 13.4. The number of urea groups is 1. The zero-order valence-corrected chi connectivity index (χ0v) is 17.6. The average molecular weight is 390 g/mol. The fraction of sp³-hybridized carbons (Fsp3) is 0.636. The lowest BCUT2D eigenvalue weighted by molar-refractivity contribution is -0.137. The summed E-state index contributed by atoms with van der Waals surface area (Å²) in [7, 11) is 0. The number of carbonyl (C=O) groups is 2. The first-order valence-electron chi connectivity index (χ1n) is 10.4. The number of hydrogen-bond donors (Lipinski definition) is 2. The van der Waals surface area contributed by atoms with Crippen LogP contribution in [0.4, 0.5) is 4.79 Å². The van der Waals surface area contributed by atoms with Gasteiger partial charge in [0.25, 0.3) is 0 Å². The molecular formula is C22H35N3O3. The van der Waals surface area contributed by atoms with Crippen molar-refractivity contribution in [2.75, 3.05) is 19.7 Å². The normalized spacial score (nSPS) is 16.3. The topological polar surface area (TPSA) is 70.7 Å². The van der Waals surface area contributed by atoms with E-state index in [-0.39, 0.29) is 24.0 Å². The Hall–Kier alpha value is -2.08. The molecule has 1 aromatic rings. The van der Waals surface area contributed by atoms with Crippen LogP contribution in [0.5, 0.6) is 0 Å². The first kappa shape index (κ1) is 22.2. The van der Waals surface area contributed by atoms with Crippen molar-refractivity contribution in [3.63, 3.8) is 0 Å². The highest BCUT2D eigenvalue weighted by molar-refractivity contribution is 5.87. The molecule has 0 bridgehead atoms. The van der Waals surface area contributed by atoms with Gasteiger partial charge in [-0.2, -0.15) is 0 Å². The van der Waals surface area contributed by atoms with E-state index in [1.165, 1.54) is 0 Å². The number of rotatable bonds is 8. The highest BCUT2D eigenvalue weighted by Crippen LogP contribution is 2.17. The minimum absolute atomic E-state index is 0.00725. The Bertz CT molecular complexity index is 611. The van der Waals surface area contributed by atoms with E-state index in [1.807, 2.05) is 49.1 Å². The zero-order valence-electron chi connectivity index (χ0n) is 17.6. The molecule has 0 aromatic heterocycles. The molecule has 1 aliphatic heterocycles. The quantitative estimate of drug-likeness (QED) is 0.717. The Kier molecular flexibility index (Phi) is 8.77. The van der Waals surface area contributed by atoms with Crippen LogP contribution in [0, 0.1) is 11.8 Å². The van der Waals surface area contributed by atoms with Gasteiger partial charge in [-0.05, 0) is 30.2 Å². The third-order valence-corrected chi connectivity index (χ3v) is 4.93. The molecule has 1 aromatic carbocycles. The Balaban J connectivity index is 1.82. The maximum absolute atomic E-state index is 13.0. The van der Waals surface area contributed by atoms with Gasteiger partial charge in [0, 0.05) is 26.2 Å². The second-order valence-electron chi connectivity index (χ2n) is 8.29. The molecule has 1 atom stereocenters. The number of carbonyl (C=O) groups excluding carboxylic acids is 2. The molecule has 3 amide bonds. The summed E-state index contributed by atoms with van der Waals surface area (Å²) in [6, 6.07) is 8.88. The number of benzene rings is 1. The van der Waals surface area contributed by atoms with Gasteiger partial charge in [-0.25, -0.2) is 4.79 Å². The second kappa shape index (κ2) is 11.1. The van der Waals surface area contributed by atoms with Crippen molar-refractivity contribution < 1.29 is 14.3 Å². The van der Waals surface area contributed by atoms with Gasteiger partial charge in [-0.1, -0.05) is 58.0 Å². The summed E-state index contributed by atoms with van der Waals surface area (Å²) in [6.07, 6.45) is 1.93. The first-order valence-corrected chi connectivity index (χ1v) is 10.4. The molecule has 1 fully saturated rings. The Morgan fingerprint density at radius 3 is 2.32 bits per heavy atom. The number of ether oxygens (including phenoxy) is 1. The number of nitrogens with one attached hydrogen (secondary N) is 2. The summed E-state index contributed by atoms with van der Waals surface area (Å²) < 4.78 is 5.90. The van der Waals surface area contributed by atoms with Crippen molar-refractivity contribution in [2.45, 2.75) is 59.2 Å². The van der Waals surface area contributed by atoms with Crippen molar-refractivity contribution >= 4 is 11.9 Å². The molecule has 0 aliphatic carbocycles. The highest BCUT2D eigenvalue weighted by atomic mass is 16.5. The Labute approximate surface area is 169 Å². The van der Waals surface area contributed by atoms with Crippen molar-refractivity contribution in [1.29, 1.82) is 0 Å². The SMILES string of the molecule is CC(C)COC1CCN(C(=O)C(NC(=O)NCc2ccccc2)C(C)C)CC1. The van der Waals surface area contributed by atoms with E-state index in [1.54, 1.807) is 0 Å². The van der Waals surface area contributed by atoms with Crippen molar-refractivity contribution in [1.82, 2.24) is 15.5 Å². The predicted molar refractivity (Wildman–Crippen MR) is 111 cm³/mol. The van der Waals surface area contributed by atoms with Crippen molar-refractivity contribution in [2.24, 2.45) is 11.8 Å². The summed E-state index contributed by atoms with van der Waals surface area (Å²) in [4.78, 5) is 27.1. The van der Waals surface area contributed by atoms with Gasteiger partial charge in [0.15, 0.2) is 0 Å². The predicted octanol–water partition coefficient (Wildman–Crippen LogP) is 3.17.